The highest BCUT2D eigenvalue weighted by Crippen LogP contribution is 2.27. The van der Waals surface area contributed by atoms with Gasteiger partial charge < -0.3 is 10.1 Å². The molecule has 5 heteroatoms. The molecule has 0 amide bonds. The molecule has 0 aliphatic rings. The third-order valence-electron chi connectivity index (χ3n) is 3.14. The molecule has 0 saturated heterocycles. The van der Waals surface area contributed by atoms with Crippen LogP contribution in [0.25, 0.3) is 0 Å². The molecular formula is C15H20FN3O. The highest BCUT2D eigenvalue weighted by molar-refractivity contribution is 5.33. The molecule has 0 radical (unpaired) electrons. The number of halogens is 1. The molecule has 1 unspecified atom stereocenters. The summed E-state index contributed by atoms with van der Waals surface area (Å²) in [6.45, 7) is 6.73. The number of nitrogens with one attached hydrogen (secondary N) is 1. The van der Waals surface area contributed by atoms with Gasteiger partial charge in [-0.05, 0) is 38.1 Å². The van der Waals surface area contributed by atoms with Crippen LogP contribution in [0.1, 0.15) is 31.1 Å². The van der Waals surface area contributed by atoms with E-state index < -0.39 is 0 Å². The van der Waals surface area contributed by atoms with Gasteiger partial charge in [0, 0.05) is 19.2 Å². The minimum absolute atomic E-state index is 0.113. The van der Waals surface area contributed by atoms with Crippen molar-refractivity contribution in [2.75, 3.05) is 6.54 Å². The number of hydrogen-bond acceptors (Lipinski definition) is 3. The number of aromatic nitrogens is 2. The van der Waals surface area contributed by atoms with Crippen molar-refractivity contribution in [1.29, 1.82) is 0 Å². The van der Waals surface area contributed by atoms with Gasteiger partial charge in [-0.1, -0.05) is 13.0 Å². The van der Waals surface area contributed by atoms with Crippen LogP contribution in [-0.2, 0) is 7.05 Å². The van der Waals surface area contributed by atoms with Crippen molar-refractivity contribution in [3.05, 3.63) is 41.3 Å². The zero-order valence-corrected chi connectivity index (χ0v) is 12.3. The lowest BCUT2D eigenvalue weighted by atomic mass is 10.1. The second-order valence-corrected chi connectivity index (χ2v) is 4.82. The lowest BCUT2D eigenvalue weighted by molar-refractivity contribution is 0.402. The van der Waals surface area contributed by atoms with Gasteiger partial charge in [0.1, 0.15) is 0 Å². The van der Waals surface area contributed by atoms with Gasteiger partial charge in [0.05, 0.1) is 5.69 Å². The minimum atomic E-state index is -0.369. The highest BCUT2D eigenvalue weighted by atomic mass is 19.1. The molecule has 0 aliphatic heterocycles. The van der Waals surface area contributed by atoms with Crippen molar-refractivity contribution in [2.24, 2.45) is 7.05 Å². The number of ether oxygens (including phenoxy) is 1. The quantitative estimate of drug-likeness (QED) is 0.911. The van der Waals surface area contributed by atoms with Gasteiger partial charge in [-0.3, -0.25) is 0 Å². The van der Waals surface area contributed by atoms with Crippen LogP contribution in [0.15, 0.2) is 24.3 Å². The first-order chi connectivity index (χ1) is 9.51. The number of nitrogens with zero attached hydrogens (tertiary/aromatic N) is 2. The molecule has 1 N–H and O–H groups in total. The standard InChI is InChI=1S/C15H20FN3O/c1-5-17-11(3)12-6-7-14(13(16)9-12)20-15-8-10(2)18-19(15)4/h6-9,11,17H,5H2,1-4H3. The Hall–Kier alpha value is -1.88. The average molecular weight is 277 g/mol. The monoisotopic (exact) mass is 277 g/mol. The first-order valence-corrected chi connectivity index (χ1v) is 6.72. The fraction of sp³-hybridized carbons (Fsp3) is 0.400. The van der Waals surface area contributed by atoms with Crippen molar-refractivity contribution in [3.63, 3.8) is 0 Å². The molecule has 1 aromatic heterocycles. The third kappa shape index (κ3) is 3.17. The van der Waals surface area contributed by atoms with Gasteiger partial charge in [0.2, 0.25) is 5.88 Å². The van der Waals surface area contributed by atoms with Crippen LogP contribution in [0.5, 0.6) is 11.6 Å². The van der Waals surface area contributed by atoms with E-state index >= 15 is 0 Å². The Balaban J connectivity index is 2.19. The Labute approximate surface area is 118 Å². The summed E-state index contributed by atoms with van der Waals surface area (Å²) in [5.41, 5.74) is 1.73. The average Bonchev–Trinajstić information content (AvgIpc) is 2.70. The largest absolute Gasteiger partial charge is 0.436 e. The van der Waals surface area contributed by atoms with E-state index in [2.05, 4.69) is 10.4 Å². The van der Waals surface area contributed by atoms with E-state index in [1.54, 1.807) is 23.9 Å². The van der Waals surface area contributed by atoms with Crippen LogP contribution in [-0.4, -0.2) is 16.3 Å². The molecule has 4 nitrogen and oxygen atoms in total. The van der Waals surface area contributed by atoms with Crippen LogP contribution in [0.4, 0.5) is 4.39 Å². The maximum Gasteiger partial charge on any atom is 0.217 e. The molecule has 0 saturated carbocycles. The van der Waals surface area contributed by atoms with Gasteiger partial charge in [-0.25, -0.2) is 9.07 Å². The second-order valence-electron chi connectivity index (χ2n) is 4.82. The molecule has 2 aromatic rings. The maximum atomic E-state index is 14.1. The van der Waals surface area contributed by atoms with E-state index in [1.807, 2.05) is 26.8 Å². The van der Waals surface area contributed by atoms with Crippen LogP contribution >= 0.6 is 0 Å². The molecule has 0 spiro atoms. The Morgan fingerprint density at radius 2 is 2.15 bits per heavy atom. The van der Waals surface area contributed by atoms with Gasteiger partial charge in [-0.2, -0.15) is 5.10 Å². The first-order valence-electron chi connectivity index (χ1n) is 6.72. The lowest BCUT2D eigenvalue weighted by Gasteiger charge is -2.14. The molecule has 1 aromatic carbocycles. The number of aryl methyl sites for hydroxylation is 2. The number of benzene rings is 1. The van der Waals surface area contributed by atoms with Gasteiger partial charge >= 0.3 is 0 Å². The molecule has 0 aliphatic carbocycles. The zero-order valence-electron chi connectivity index (χ0n) is 12.3. The van der Waals surface area contributed by atoms with Crippen LogP contribution < -0.4 is 10.1 Å². The van der Waals surface area contributed by atoms with Crippen molar-refractivity contribution < 1.29 is 9.13 Å². The molecule has 1 atom stereocenters. The van der Waals surface area contributed by atoms with E-state index in [0.29, 0.717) is 5.88 Å². The molecule has 1 heterocycles. The molecule has 2 rings (SSSR count). The Kier molecular flexibility index (Phi) is 4.39. The molecule has 20 heavy (non-hydrogen) atoms. The Morgan fingerprint density at radius 1 is 1.40 bits per heavy atom. The Morgan fingerprint density at radius 3 is 2.70 bits per heavy atom. The van der Waals surface area contributed by atoms with E-state index in [0.717, 1.165) is 17.8 Å². The summed E-state index contributed by atoms with van der Waals surface area (Å²) in [5.74, 6) is 0.362. The van der Waals surface area contributed by atoms with E-state index in [4.69, 9.17) is 4.74 Å². The Bertz CT molecular complexity index is 595. The predicted octanol–water partition coefficient (Wildman–Crippen LogP) is 3.33. The third-order valence-corrected chi connectivity index (χ3v) is 3.14. The van der Waals surface area contributed by atoms with E-state index in [-0.39, 0.29) is 17.6 Å². The SMILES string of the molecule is CCNC(C)c1ccc(Oc2cc(C)nn2C)c(F)c1. The van der Waals surface area contributed by atoms with Crippen molar-refractivity contribution >= 4 is 0 Å². The van der Waals surface area contributed by atoms with Gasteiger partial charge in [0.25, 0.3) is 0 Å². The zero-order chi connectivity index (χ0) is 14.7. The summed E-state index contributed by atoms with van der Waals surface area (Å²) in [6, 6.07) is 6.92. The number of rotatable bonds is 5. The summed E-state index contributed by atoms with van der Waals surface area (Å²) < 4.78 is 21.2. The molecule has 108 valence electrons. The summed E-state index contributed by atoms with van der Waals surface area (Å²) in [7, 11) is 1.77. The summed E-state index contributed by atoms with van der Waals surface area (Å²) in [6.07, 6.45) is 0. The minimum Gasteiger partial charge on any atom is -0.436 e. The van der Waals surface area contributed by atoms with Gasteiger partial charge in [-0.15, -0.1) is 0 Å². The second kappa shape index (κ2) is 6.05. The van der Waals surface area contributed by atoms with Crippen LogP contribution in [0.3, 0.4) is 0 Å². The summed E-state index contributed by atoms with van der Waals surface area (Å²) >= 11 is 0. The summed E-state index contributed by atoms with van der Waals surface area (Å²) in [5, 5.41) is 7.42. The van der Waals surface area contributed by atoms with Crippen LogP contribution in [0.2, 0.25) is 0 Å². The topological polar surface area (TPSA) is 39.1 Å². The fourth-order valence-corrected chi connectivity index (χ4v) is 2.09. The highest BCUT2D eigenvalue weighted by Gasteiger charge is 2.12. The molecule has 0 bridgehead atoms. The van der Waals surface area contributed by atoms with Gasteiger partial charge in [0.15, 0.2) is 11.6 Å². The van der Waals surface area contributed by atoms with E-state index in [9.17, 15) is 4.39 Å². The number of hydrogen-bond donors (Lipinski definition) is 1. The van der Waals surface area contributed by atoms with Crippen molar-refractivity contribution in [1.82, 2.24) is 15.1 Å². The van der Waals surface area contributed by atoms with Crippen molar-refractivity contribution in [2.45, 2.75) is 26.8 Å². The predicted molar refractivity (Wildman–Crippen MR) is 76.5 cm³/mol. The summed E-state index contributed by atoms with van der Waals surface area (Å²) in [4.78, 5) is 0. The fourth-order valence-electron chi connectivity index (χ4n) is 2.09. The normalized spacial score (nSPS) is 12.4. The smallest absolute Gasteiger partial charge is 0.217 e. The molecular weight excluding hydrogens is 257 g/mol. The van der Waals surface area contributed by atoms with Crippen LogP contribution in [0, 0.1) is 12.7 Å². The maximum absolute atomic E-state index is 14.1. The first kappa shape index (κ1) is 14.5. The van der Waals surface area contributed by atoms with E-state index in [1.165, 1.54) is 6.07 Å². The lowest BCUT2D eigenvalue weighted by Crippen LogP contribution is -2.17. The van der Waals surface area contributed by atoms with Crippen molar-refractivity contribution in [3.8, 4) is 11.6 Å². The molecule has 0 fully saturated rings.